The van der Waals surface area contributed by atoms with Crippen LogP contribution < -0.4 is 4.74 Å². The molecular formula is C15H18ClFN2O. The summed E-state index contributed by atoms with van der Waals surface area (Å²) in [6.45, 7) is 2.19. The van der Waals surface area contributed by atoms with Gasteiger partial charge in [0, 0.05) is 18.2 Å². The van der Waals surface area contributed by atoms with Crippen LogP contribution in [0.25, 0.3) is 11.0 Å². The quantitative estimate of drug-likeness (QED) is 0.787. The third-order valence-electron chi connectivity index (χ3n) is 4.39. The van der Waals surface area contributed by atoms with E-state index in [1.165, 1.54) is 32.4 Å². The van der Waals surface area contributed by atoms with Gasteiger partial charge in [-0.2, -0.15) is 0 Å². The van der Waals surface area contributed by atoms with Crippen molar-refractivity contribution in [3.05, 3.63) is 23.8 Å². The molecule has 1 fully saturated rings. The summed E-state index contributed by atoms with van der Waals surface area (Å²) >= 11 is 6.02. The van der Waals surface area contributed by atoms with Gasteiger partial charge in [0.15, 0.2) is 11.6 Å². The molecule has 0 spiro atoms. The number of nitrogens with zero attached hydrogens (tertiary/aromatic N) is 2. The van der Waals surface area contributed by atoms with Gasteiger partial charge < -0.3 is 9.30 Å². The van der Waals surface area contributed by atoms with E-state index in [1.54, 1.807) is 6.07 Å². The number of fused-ring (bicyclic) bond motifs is 1. The molecule has 1 atom stereocenters. The Morgan fingerprint density at radius 1 is 1.50 bits per heavy atom. The first-order chi connectivity index (χ1) is 9.65. The number of halogens is 2. The van der Waals surface area contributed by atoms with Crippen LogP contribution >= 0.6 is 11.6 Å². The molecule has 20 heavy (non-hydrogen) atoms. The molecule has 0 N–H and O–H groups in total. The third kappa shape index (κ3) is 2.06. The molecule has 1 unspecified atom stereocenters. The van der Waals surface area contributed by atoms with Crippen LogP contribution in [0.5, 0.6) is 5.75 Å². The second kappa shape index (κ2) is 5.24. The lowest BCUT2D eigenvalue weighted by Crippen LogP contribution is -2.24. The minimum Gasteiger partial charge on any atom is -0.494 e. The van der Waals surface area contributed by atoms with Crippen LogP contribution in [0.3, 0.4) is 0 Å². The van der Waals surface area contributed by atoms with Crippen molar-refractivity contribution >= 4 is 22.6 Å². The Bertz CT molecular complexity index is 636. The molecule has 1 aromatic carbocycles. The Morgan fingerprint density at radius 2 is 2.25 bits per heavy atom. The summed E-state index contributed by atoms with van der Waals surface area (Å²) in [4.78, 5) is 4.46. The fourth-order valence-electron chi connectivity index (χ4n) is 2.98. The van der Waals surface area contributed by atoms with E-state index >= 15 is 0 Å². The monoisotopic (exact) mass is 296 g/mol. The maximum Gasteiger partial charge on any atom is 0.167 e. The smallest absolute Gasteiger partial charge is 0.167 e. The summed E-state index contributed by atoms with van der Waals surface area (Å²) in [6.07, 6.45) is 3.76. The second-order valence-electron chi connectivity index (χ2n) is 5.44. The van der Waals surface area contributed by atoms with Crippen LogP contribution in [0.1, 0.15) is 38.1 Å². The zero-order valence-corrected chi connectivity index (χ0v) is 12.5. The van der Waals surface area contributed by atoms with Crippen LogP contribution in [-0.2, 0) is 5.88 Å². The fourth-order valence-corrected chi connectivity index (χ4v) is 3.17. The number of benzene rings is 1. The van der Waals surface area contributed by atoms with E-state index in [2.05, 4.69) is 16.5 Å². The van der Waals surface area contributed by atoms with Crippen molar-refractivity contribution in [1.29, 1.82) is 0 Å². The van der Waals surface area contributed by atoms with Crippen molar-refractivity contribution in [2.75, 3.05) is 7.11 Å². The molecule has 108 valence electrons. The Labute approximate surface area is 122 Å². The normalized spacial score (nSPS) is 17.2. The highest BCUT2D eigenvalue weighted by molar-refractivity contribution is 6.16. The number of ether oxygens (including phenoxy) is 1. The minimum atomic E-state index is -0.387. The first-order valence-electron chi connectivity index (χ1n) is 6.96. The summed E-state index contributed by atoms with van der Waals surface area (Å²) in [5, 5.41) is 0. The van der Waals surface area contributed by atoms with Gasteiger partial charge in [-0.1, -0.05) is 6.42 Å². The van der Waals surface area contributed by atoms with E-state index in [4.69, 9.17) is 16.3 Å². The lowest BCUT2D eigenvalue weighted by molar-refractivity contribution is 0.223. The van der Waals surface area contributed by atoms with Gasteiger partial charge in [0.1, 0.15) is 5.82 Å². The van der Waals surface area contributed by atoms with E-state index in [0.717, 1.165) is 11.3 Å². The van der Waals surface area contributed by atoms with Gasteiger partial charge in [-0.05, 0) is 25.7 Å². The lowest BCUT2D eigenvalue weighted by atomic mass is 9.80. The first-order valence-corrected chi connectivity index (χ1v) is 7.49. The highest BCUT2D eigenvalue weighted by Gasteiger charge is 2.28. The molecule has 0 saturated heterocycles. The predicted octanol–water partition coefficient (Wildman–Crippen LogP) is 4.28. The molecule has 5 heteroatoms. The van der Waals surface area contributed by atoms with E-state index in [1.807, 2.05) is 0 Å². The second-order valence-corrected chi connectivity index (χ2v) is 5.71. The molecule has 1 aliphatic carbocycles. The number of rotatable bonds is 4. The van der Waals surface area contributed by atoms with Crippen molar-refractivity contribution in [3.8, 4) is 5.75 Å². The van der Waals surface area contributed by atoms with E-state index in [-0.39, 0.29) is 11.6 Å². The molecule has 1 saturated carbocycles. The van der Waals surface area contributed by atoms with Gasteiger partial charge in [0.2, 0.25) is 0 Å². The van der Waals surface area contributed by atoms with Gasteiger partial charge in [-0.25, -0.2) is 9.37 Å². The number of imidazole rings is 1. The van der Waals surface area contributed by atoms with Gasteiger partial charge in [-0.15, -0.1) is 11.6 Å². The number of methoxy groups -OCH3 is 1. The molecular weight excluding hydrogens is 279 g/mol. The van der Waals surface area contributed by atoms with Crippen LogP contribution in [0, 0.1) is 11.7 Å². The van der Waals surface area contributed by atoms with E-state index < -0.39 is 0 Å². The zero-order chi connectivity index (χ0) is 14.3. The highest BCUT2D eigenvalue weighted by Crippen LogP contribution is 2.39. The Hall–Kier alpha value is -1.29. The number of hydrogen-bond donors (Lipinski definition) is 0. The van der Waals surface area contributed by atoms with Crippen molar-refractivity contribution in [2.45, 2.75) is 38.1 Å². The molecule has 3 nitrogen and oxygen atoms in total. The largest absolute Gasteiger partial charge is 0.494 e. The van der Waals surface area contributed by atoms with Crippen LogP contribution in [0.4, 0.5) is 4.39 Å². The third-order valence-corrected chi connectivity index (χ3v) is 4.63. The van der Waals surface area contributed by atoms with Gasteiger partial charge >= 0.3 is 0 Å². The summed E-state index contributed by atoms with van der Waals surface area (Å²) in [6, 6.07) is 3.48. The topological polar surface area (TPSA) is 27.1 Å². The Balaban J connectivity index is 2.16. The molecule has 0 radical (unpaired) electrons. The molecule has 3 rings (SSSR count). The number of alkyl halides is 1. The summed E-state index contributed by atoms with van der Waals surface area (Å²) in [5.41, 5.74) is 1.54. The molecule has 1 aliphatic rings. The zero-order valence-electron chi connectivity index (χ0n) is 11.7. The van der Waals surface area contributed by atoms with Crippen molar-refractivity contribution in [3.63, 3.8) is 0 Å². The van der Waals surface area contributed by atoms with E-state index in [9.17, 15) is 4.39 Å². The minimum absolute atomic E-state index is 0.251. The molecule has 0 amide bonds. The molecule has 0 bridgehead atoms. The summed E-state index contributed by atoms with van der Waals surface area (Å²) in [5.74, 6) is 1.65. The van der Waals surface area contributed by atoms with Crippen molar-refractivity contribution in [1.82, 2.24) is 9.55 Å². The predicted molar refractivity (Wildman–Crippen MR) is 77.9 cm³/mol. The molecule has 1 heterocycles. The van der Waals surface area contributed by atoms with Crippen molar-refractivity contribution in [2.24, 2.45) is 5.92 Å². The number of aromatic nitrogens is 2. The fraction of sp³-hybridized carbons (Fsp3) is 0.533. The van der Waals surface area contributed by atoms with E-state index in [0.29, 0.717) is 23.4 Å². The average molecular weight is 297 g/mol. The van der Waals surface area contributed by atoms with Gasteiger partial charge in [0.05, 0.1) is 24.0 Å². The lowest BCUT2D eigenvalue weighted by Gasteiger charge is -2.33. The maximum atomic E-state index is 13.8. The average Bonchev–Trinajstić information content (AvgIpc) is 2.72. The molecule has 2 aromatic rings. The van der Waals surface area contributed by atoms with Crippen LogP contribution in [-0.4, -0.2) is 16.7 Å². The van der Waals surface area contributed by atoms with Gasteiger partial charge in [0.25, 0.3) is 0 Å². The summed E-state index contributed by atoms with van der Waals surface area (Å²) < 4.78 is 21.0. The van der Waals surface area contributed by atoms with Gasteiger partial charge in [-0.3, -0.25) is 0 Å². The first kappa shape index (κ1) is 13.7. The number of hydrogen-bond acceptors (Lipinski definition) is 2. The van der Waals surface area contributed by atoms with Crippen LogP contribution in [0.2, 0.25) is 0 Å². The summed E-state index contributed by atoms with van der Waals surface area (Å²) in [7, 11) is 1.47. The van der Waals surface area contributed by atoms with Crippen molar-refractivity contribution < 1.29 is 9.13 Å². The molecule has 0 aliphatic heterocycles. The van der Waals surface area contributed by atoms with Crippen LogP contribution in [0.15, 0.2) is 12.1 Å². The Kier molecular flexibility index (Phi) is 3.59. The highest BCUT2D eigenvalue weighted by atomic mass is 35.5. The maximum absolute atomic E-state index is 13.8. The molecule has 1 aromatic heterocycles. The standard InChI is InChI=1S/C15H18ClFN2O/c1-9(10-4-3-5-10)19-13-7-14(20-2)11(17)6-12(13)18-15(19)8-16/h6-7,9-10H,3-5,8H2,1-2H3. The Morgan fingerprint density at radius 3 is 2.80 bits per heavy atom. The SMILES string of the molecule is COc1cc2c(cc1F)nc(CCl)n2C(C)C1CCC1.